The number of aromatic nitrogens is 1. The molecule has 0 bridgehead atoms. The molecule has 0 saturated heterocycles. The lowest BCUT2D eigenvalue weighted by molar-refractivity contribution is 0.0956. The Bertz CT molecular complexity index is 626. The molecule has 1 aromatic heterocycles. The van der Waals surface area contributed by atoms with Crippen molar-refractivity contribution in [3.63, 3.8) is 0 Å². The van der Waals surface area contributed by atoms with Gasteiger partial charge in [-0.1, -0.05) is 0 Å². The Morgan fingerprint density at radius 3 is 2.68 bits per heavy atom. The maximum Gasteiger partial charge on any atom is 0.263 e. The van der Waals surface area contributed by atoms with E-state index in [1.807, 2.05) is 0 Å². The van der Waals surface area contributed by atoms with Crippen LogP contribution in [0.1, 0.15) is 34.6 Å². The molecule has 2 N–H and O–H groups in total. The topological polar surface area (TPSA) is 62.2 Å². The van der Waals surface area contributed by atoms with Crippen molar-refractivity contribution in [2.75, 3.05) is 13.2 Å². The second-order valence-electron chi connectivity index (χ2n) is 4.98. The molecule has 4 nitrogen and oxygen atoms in total. The van der Waals surface area contributed by atoms with Gasteiger partial charge in [-0.05, 0) is 50.5 Å². The summed E-state index contributed by atoms with van der Waals surface area (Å²) in [6, 6.07) is 6.08. The molecule has 22 heavy (non-hydrogen) atoms. The largest absolute Gasteiger partial charge is 0.396 e. The highest BCUT2D eigenvalue weighted by Crippen LogP contribution is 2.27. The van der Waals surface area contributed by atoms with Gasteiger partial charge in [0, 0.05) is 18.7 Å². The highest BCUT2D eigenvalue weighted by atomic mass is 32.1. The lowest BCUT2D eigenvalue weighted by atomic mass is 10.2. The van der Waals surface area contributed by atoms with Crippen molar-refractivity contribution in [2.24, 2.45) is 0 Å². The Hall–Kier alpha value is -1.79. The molecular weight excluding hydrogens is 303 g/mol. The van der Waals surface area contributed by atoms with Crippen LogP contribution in [-0.2, 0) is 0 Å². The van der Waals surface area contributed by atoms with Crippen molar-refractivity contribution in [2.45, 2.75) is 26.2 Å². The van der Waals surface area contributed by atoms with E-state index in [4.69, 9.17) is 5.11 Å². The highest BCUT2D eigenvalue weighted by molar-refractivity contribution is 7.17. The van der Waals surface area contributed by atoms with Gasteiger partial charge in [-0.25, -0.2) is 9.37 Å². The van der Waals surface area contributed by atoms with Crippen molar-refractivity contribution < 1.29 is 14.3 Å². The number of nitrogens with one attached hydrogen (secondary N) is 1. The zero-order chi connectivity index (χ0) is 15.9. The van der Waals surface area contributed by atoms with Crippen LogP contribution in [0.15, 0.2) is 24.3 Å². The van der Waals surface area contributed by atoms with E-state index in [1.165, 1.54) is 23.5 Å². The number of carbonyl (C=O) groups excluding carboxylic acids is 1. The van der Waals surface area contributed by atoms with Crippen LogP contribution in [0.2, 0.25) is 0 Å². The normalized spacial score (nSPS) is 10.7. The molecule has 0 atom stereocenters. The molecule has 118 valence electrons. The molecule has 0 fully saturated rings. The SMILES string of the molecule is Cc1nc(-c2ccc(F)cc2)sc1C(=O)NCCCCCO. The zero-order valence-electron chi connectivity index (χ0n) is 12.4. The fourth-order valence-corrected chi connectivity index (χ4v) is 3.01. The summed E-state index contributed by atoms with van der Waals surface area (Å²) in [6.45, 7) is 2.56. The first-order valence-electron chi connectivity index (χ1n) is 7.24. The maximum absolute atomic E-state index is 12.9. The number of rotatable bonds is 7. The summed E-state index contributed by atoms with van der Waals surface area (Å²) < 4.78 is 12.9. The van der Waals surface area contributed by atoms with Gasteiger partial charge < -0.3 is 10.4 Å². The first kappa shape index (κ1) is 16.6. The number of nitrogens with zero attached hydrogens (tertiary/aromatic N) is 1. The minimum Gasteiger partial charge on any atom is -0.396 e. The van der Waals surface area contributed by atoms with Gasteiger partial charge in [0.25, 0.3) is 5.91 Å². The van der Waals surface area contributed by atoms with E-state index in [9.17, 15) is 9.18 Å². The molecule has 0 aliphatic heterocycles. The van der Waals surface area contributed by atoms with Gasteiger partial charge in [0.15, 0.2) is 0 Å². The third-order valence-corrected chi connectivity index (χ3v) is 4.42. The average molecular weight is 322 g/mol. The first-order valence-corrected chi connectivity index (χ1v) is 8.06. The number of thiazole rings is 1. The van der Waals surface area contributed by atoms with E-state index in [0.29, 0.717) is 22.1 Å². The van der Waals surface area contributed by atoms with Gasteiger partial charge in [0.1, 0.15) is 15.7 Å². The molecule has 2 aromatic rings. The van der Waals surface area contributed by atoms with E-state index in [2.05, 4.69) is 10.3 Å². The number of amides is 1. The van der Waals surface area contributed by atoms with E-state index in [-0.39, 0.29) is 18.3 Å². The predicted molar refractivity (Wildman–Crippen MR) is 85.5 cm³/mol. The van der Waals surface area contributed by atoms with Gasteiger partial charge in [-0.15, -0.1) is 11.3 Å². The van der Waals surface area contributed by atoms with Crippen molar-refractivity contribution in [1.82, 2.24) is 10.3 Å². The Balaban J connectivity index is 2.00. The van der Waals surface area contributed by atoms with Crippen molar-refractivity contribution in [3.05, 3.63) is 40.7 Å². The molecule has 6 heteroatoms. The summed E-state index contributed by atoms with van der Waals surface area (Å²) in [5.41, 5.74) is 1.48. The molecule has 0 spiro atoms. The fourth-order valence-electron chi connectivity index (χ4n) is 2.02. The summed E-state index contributed by atoms with van der Waals surface area (Å²) in [5.74, 6) is -0.426. The van der Waals surface area contributed by atoms with Crippen LogP contribution >= 0.6 is 11.3 Å². The number of carbonyl (C=O) groups is 1. The maximum atomic E-state index is 12.9. The minimum atomic E-state index is -0.294. The fraction of sp³-hybridized carbons (Fsp3) is 0.375. The molecule has 0 aliphatic rings. The van der Waals surface area contributed by atoms with Crippen LogP contribution in [0.5, 0.6) is 0 Å². The molecule has 1 amide bonds. The van der Waals surface area contributed by atoms with Crippen molar-refractivity contribution in [1.29, 1.82) is 0 Å². The summed E-state index contributed by atoms with van der Waals surface area (Å²) in [7, 11) is 0. The number of aliphatic hydroxyl groups is 1. The Labute approximate surface area is 133 Å². The summed E-state index contributed by atoms with van der Waals surface area (Å²) in [4.78, 5) is 17.1. The Morgan fingerprint density at radius 1 is 1.27 bits per heavy atom. The van der Waals surface area contributed by atoms with Crippen LogP contribution < -0.4 is 5.32 Å². The van der Waals surface area contributed by atoms with Crippen LogP contribution in [-0.4, -0.2) is 29.1 Å². The number of hydrogen-bond acceptors (Lipinski definition) is 4. The van der Waals surface area contributed by atoms with Crippen LogP contribution in [0.3, 0.4) is 0 Å². The number of aliphatic hydroxyl groups excluding tert-OH is 1. The van der Waals surface area contributed by atoms with Crippen molar-refractivity contribution in [3.8, 4) is 10.6 Å². The second-order valence-corrected chi connectivity index (χ2v) is 5.98. The Kier molecular flexibility index (Phi) is 6.03. The van der Waals surface area contributed by atoms with Gasteiger partial charge in [0.05, 0.1) is 5.69 Å². The number of aryl methyl sites for hydroxylation is 1. The number of hydrogen-bond donors (Lipinski definition) is 2. The average Bonchev–Trinajstić information content (AvgIpc) is 2.89. The smallest absolute Gasteiger partial charge is 0.263 e. The number of benzene rings is 1. The van der Waals surface area contributed by atoms with E-state index < -0.39 is 0 Å². The third-order valence-electron chi connectivity index (χ3n) is 3.21. The van der Waals surface area contributed by atoms with Gasteiger partial charge in [-0.2, -0.15) is 0 Å². The van der Waals surface area contributed by atoms with E-state index in [0.717, 1.165) is 24.8 Å². The number of halogens is 1. The quantitative estimate of drug-likeness (QED) is 0.770. The Morgan fingerprint density at radius 2 is 2.00 bits per heavy atom. The van der Waals surface area contributed by atoms with E-state index in [1.54, 1.807) is 19.1 Å². The van der Waals surface area contributed by atoms with Crippen LogP contribution in [0.25, 0.3) is 10.6 Å². The molecule has 0 saturated carbocycles. The van der Waals surface area contributed by atoms with E-state index >= 15 is 0 Å². The summed E-state index contributed by atoms with van der Waals surface area (Å²) in [5, 5.41) is 12.3. The molecule has 1 aromatic carbocycles. The zero-order valence-corrected chi connectivity index (χ0v) is 13.3. The second kappa shape index (κ2) is 8.00. The molecular formula is C16H19FN2O2S. The predicted octanol–water partition coefficient (Wildman–Crippen LogP) is 3.15. The molecule has 0 aliphatic carbocycles. The molecule has 0 radical (unpaired) electrons. The molecule has 0 unspecified atom stereocenters. The standard InChI is InChI=1S/C16H19FN2O2S/c1-11-14(15(21)18-9-3-2-4-10-20)22-16(19-11)12-5-7-13(17)8-6-12/h5-8,20H,2-4,9-10H2,1H3,(H,18,21). The number of unbranched alkanes of at least 4 members (excludes halogenated alkanes) is 2. The van der Waals surface area contributed by atoms with Crippen LogP contribution in [0, 0.1) is 12.7 Å². The summed E-state index contributed by atoms with van der Waals surface area (Å²) in [6.07, 6.45) is 2.48. The lowest BCUT2D eigenvalue weighted by Crippen LogP contribution is -2.24. The van der Waals surface area contributed by atoms with Gasteiger partial charge in [0.2, 0.25) is 0 Å². The highest BCUT2D eigenvalue weighted by Gasteiger charge is 2.15. The minimum absolute atomic E-state index is 0.132. The monoisotopic (exact) mass is 322 g/mol. The summed E-state index contributed by atoms with van der Waals surface area (Å²) >= 11 is 1.31. The van der Waals surface area contributed by atoms with Crippen molar-refractivity contribution >= 4 is 17.2 Å². The van der Waals surface area contributed by atoms with Crippen LogP contribution in [0.4, 0.5) is 4.39 Å². The molecule has 2 rings (SSSR count). The lowest BCUT2D eigenvalue weighted by Gasteiger charge is -2.03. The first-order chi connectivity index (χ1) is 10.6. The molecule has 1 heterocycles. The van der Waals surface area contributed by atoms with Gasteiger partial charge >= 0.3 is 0 Å². The third kappa shape index (κ3) is 4.35. The van der Waals surface area contributed by atoms with Gasteiger partial charge in [-0.3, -0.25) is 4.79 Å².